The van der Waals surface area contributed by atoms with Crippen molar-refractivity contribution in [2.45, 2.75) is 33.2 Å². The molecular weight excluding hydrogens is 564 g/mol. The quantitative estimate of drug-likeness (QED) is 0.179. The molecular formula is C29H31BrN4O5. The molecule has 0 saturated carbocycles. The molecule has 204 valence electrons. The average Bonchev–Trinajstić information content (AvgIpc) is 2.92. The zero-order valence-corrected chi connectivity index (χ0v) is 23.8. The van der Waals surface area contributed by atoms with Gasteiger partial charge in [0, 0.05) is 16.7 Å². The van der Waals surface area contributed by atoms with Crippen molar-refractivity contribution in [2.24, 2.45) is 5.10 Å². The number of nitrogens with zero attached hydrogens (tertiary/aromatic N) is 1. The summed E-state index contributed by atoms with van der Waals surface area (Å²) in [6, 6.07) is 18.3. The molecule has 0 spiro atoms. The number of amides is 3. The van der Waals surface area contributed by atoms with Crippen molar-refractivity contribution in [3.8, 4) is 11.5 Å². The number of carbonyl (C=O) groups is 3. The molecule has 0 radical (unpaired) electrons. The number of anilines is 1. The number of hydrogen-bond acceptors (Lipinski definition) is 6. The SMILES string of the molecule is COc1cc(/C=N\NC(=O)C(=O)NCc2ccc(C(C)C)cc2)ccc1OCC(=O)Nc1ccc(Br)cc1C. The highest BCUT2D eigenvalue weighted by atomic mass is 79.9. The minimum absolute atomic E-state index is 0.216. The second kappa shape index (κ2) is 14.1. The first-order chi connectivity index (χ1) is 18.7. The number of rotatable bonds is 10. The third-order valence-electron chi connectivity index (χ3n) is 5.69. The Hall–Kier alpha value is -4.18. The number of carbonyl (C=O) groups excluding carboxylic acids is 3. The van der Waals surface area contributed by atoms with Crippen molar-refractivity contribution in [3.05, 3.63) is 87.4 Å². The molecule has 0 aliphatic heterocycles. The highest BCUT2D eigenvalue weighted by Crippen LogP contribution is 2.28. The smallest absolute Gasteiger partial charge is 0.329 e. The lowest BCUT2D eigenvalue weighted by Gasteiger charge is -2.12. The molecule has 0 aromatic heterocycles. The lowest BCUT2D eigenvalue weighted by Crippen LogP contribution is -2.37. The van der Waals surface area contributed by atoms with Crippen LogP contribution in [-0.2, 0) is 20.9 Å². The van der Waals surface area contributed by atoms with E-state index in [9.17, 15) is 14.4 Å². The molecule has 39 heavy (non-hydrogen) atoms. The van der Waals surface area contributed by atoms with Crippen LogP contribution in [0.3, 0.4) is 0 Å². The topological polar surface area (TPSA) is 118 Å². The van der Waals surface area contributed by atoms with E-state index >= 15 is 0 Å². The average molecular weight is 595 g/mol. The van der Waals surface area contributed by atoms with Gasteiger partial charge >= 0.3 is 11.8 Å². The van der Waals surface area contributed by atoms with E-state index in [0.29, 0.717) is 28.7 Å². The number of ether oxygens (including phenoxy) is 2. The maximum atomic E-state index is 12.3. The van der Waals surface area contributed by atoms with E-state index < -0.39 is 11.8 Å². The Morgan fingerprint density at radius 1 is 0.974 bits per heavy atom. The normalized spacial score (nSPS) is 10.8. The molecule has 3 N–H and O–H groups in total. The number of nitrogens with one attached hydrogen (secondary N) is 3. The second-order valence-electron chi connectivity index (χ2n) is 8.98. The number of halogens is 1. The van der Waals surface area contributed by atoms with E-state index in [1.54, 1.807) is 24.3 Å². The Morgan fingerprint density at radius 3 is 2.38 bits per heavy atom. The number of benzene rings is 3. The molecule has 0 atom stereocenters. The molecule has 0 unspecified atom stereocenters. The van der Waals surface area contributed by atoms with Gasteiger partial charge in [0.1, 0.15) is 0 Å². The van der Waals surface area contributed by atoms with E-state index in [0.717, 1.165) is 15.6 Å². The molecule has 0 aliphatic carbocycles. The van der Waals surface area contributed by atoms with E-state index in [4.69, 9.17) is 9.47 Å². The van der Waals surface area contributed by atoms with E-state index in [1.165, 1.54) is 18.9 Å². The lowest BCUT2D eigenvalue weighted by molar-refractivity contribution is -0.139. The van der Waals surface area contributed by atoms with Crippen LogP contribution < -0.4 is 25.5 Å². The van der Waals surface area contributed by atoms with Crippen LogP contribution in [0.5, 0.6) is 11.5 Å². The van der Waals surface area contributed by atoms with E-state index in [-0.39, 0.29) is 19.1 Å². The van der Waals surface area contributed by atoms with Gasteiger partial charge in [-0.25, -0.2) is 5.43 Å². The summed E-state index contributed by atoms with van der Waals surface area (Å²) < 4.78 is 11.9. The first-order valence-electron chi connectivity index (χ1n) is 12.2. The van der Waals surface area contributed by atoms with Crippen molar-refractivity contribution in [3.63, 3.8) is 0 Å². The first-order valence-corrected chi connectivity index (χ1v) is 13.0. The van der Waals surface area contributed by atoms with Gasteiger partial charge in [0.15, 0.2) is 18.1 Å². The van der Waals surface area contributed by atoms with Gasteiger partial charge in [-0.3, -0.25) is 14.4 Å². The molecule has 3 aromatic carbocycles. The van der Waals surface area contributed by atoms with Crippen LogP contribution in [0.1, 0.15) is 42.0 Å². The molecule has 10 heteroatoms. The van der Waals surface area contributed by atoms with Crippen LogP contribution in [0.2, 0.25) is 0 Å². The van der Waals surface area contributed by atoms with Crippen LogP contribution >= 0.6 is 15.9 Å². The zero-order valence-electron chi connectivity index (χ0n) is 22.2. The van der Waals surface area contributed by atoms with Crippen molar-refractivity contribution in [1.82, 2.24) is 10.7 Å². The summed E-state index contributed by atoms with van der Waals surface area (Å²) in [7, 11) is 1.47. The molecule has 0 saturated heterocycles. The van der Waals surface area contributed by atoms with E-state index in [1.807, 2.05) is 43.3 Å². The summed E-state index contributed by atoms with van der Waals surface area (Å²) in [6.45, 7) is 6.12. The van der Waals surface area contributed by atoms with Gasteiger partial charge < -0.3 is 20.1 Å². The molecule has 9 nitrogen and oxygen atoms in total. The summed E-state index contributed by atoms with van der Waals surface area (Å²) in [5, 5.41) is 9.22. The standard InChI is InChI=1S/C29H31BrN4O5/c1-18(2)22-8-5-20(6-9-22)15-31-28(36)29(37)34-32-16-21-7-12-25(26(14-21)38-4)39-17-27(35)33-24-11-10-23(30)13-19(24)3/h5-14,16,18H,15,17H2,1-4H3,(H,31,36)(H,33,35)(H,34,37)/b32-16-. The predicted octanol–water partition coefficient (Wildman–Crippen LogP) is 4.67. The fourth-order valence-corrected chi connectivity index (χ4v) is 3.96. The van der Waals surface area contributed by atoms with Crippen LogP contribution in [-0.4, -0.2) is 37.7 Å². The molecule has 0 aliphatic rings. The van der Waals surface area contributed by atoms with Crippen molar-refractivity contribution < 1.29 is 23.9 Å². The van der Waals surface area contributed by atoms with Crippen LogP contribution in [0, 0.1) is 6.92 Å². The predicted molar refractivity (Wildman–Crippen MR) is 154 cm³/mol. The van der Waals surface area contributed by atoms with Gasteiger partial charge in [-0.15, -0.1) is 0 Å². The minimum Gasteiger partial charge on any atom is -0.493 e. The highest BCUT2D eigenvalue weighted by Gasteiger charge is 2.13. The maximum absolute atomic E-state index is 12.3. The highest BCUT2D eigenvalue weighted by molar-refractivity contribution is 9.10. The third kappa shape index (κ3) is 8.96. The summed E-state index contributed by atoms with van der Waals surface area (Å²) >= 11 is 3.39. The maximum Gasteiger partial charge on any atom is 0.329 e. The number of methoxy groups -OCH3 is 1. The fourth-order valence-electron chi connectivity index (χ4n) is 3.48. The molecule has 0 bridgehead atoms. The first kappa shape index (κ1) is 29.4. The zero-order chi connectivity index (χ0) is 28.4. The third-order valence-corrected chi connectivity index (χ3v) is 6.19. The summed E-state index contributed by atoms with van der Waals surface area (Å²) in [5.41, 5.74) is 6.49. The Bertz CT molecular complexity index is 1360. The Balaban J connectivity index is 1.48. The Morgan fingerprint density at radius 2 is 1.72 bits per heavy atom. The van der Waals surface area contributed by atoms with Gasteiger partial charge in [-0.1, -0.05) is 54.0 Å². The monoisotopic (exact) mass is 594 g/mol. The van der Waals surface area contributed by atoms with Crippen molar-refractivity contribution >= 4 is 45.6 Å². The molecule has 3 rings (SSSR count). The minimum atomic E-state index is -0.885. The van der Waals surface area contributed by atoms with Crippen LogP contribution in [0.25, 0.3) is 0 Å². The molecule has 3 aromatic rings. The number of hydrazone groups is 1. The van der Waals surface area contributed by atoms with Gasteiger partial charge in [0.05, 0.1) is 13.3 Å². The van der Waals surface area contributed by atoms with Crippen molar-refractivity contribution in [2.75, 3.05) is 19.0 Å². The van der Waals surface area contributed by atoms with Gasteiger partial charge in [0.25, 0.3) is 5.91 Å². The fraction of sp³-hybridized carbons (Fsp3) is 0.241. The largest absolute Gasteiger partial charge is 0.493 e. The Labute approximate surface area is 236 Å². The van der Waals surface area contributed by atoms with E-state index in [2.05, 4.69) is 50.9 Å². The van der Waals surface area contributed by atoms with Crippen LogP contribution in [0.15, 0.2) is 70.2 Å². The number of hydrogen-bond donors (Lipinski definition) is 3. The van der Waals surface area contributed by atoms with Crippen molar-refractivity contribution in [1.29, 1.82) is 0 Å². The summed E-state index contributed by atoms with van der Waals surface area (Å²) in [6.07, 6.45) is 1.37. The molecule has 3 amide bonds. The molecule has 0 fully saturated rings. The number of aryl methyl sites for hydroxylation is 1. The van der Waals surface area contributed by atoms with Crippen LogP contribution in [0.4, 0.5) is 5.69 Å². The van der Waals surface area contributed by atoms with Gasteiger partial charge in [0.2, 0.25) is 0 Å². The summed E-state index contributed by atoms with van der Waals surface area (Å²) in [4.78, 5) is 36.5. The summed E-state index contributed by atoms with van der Waals surface area (Å²) in [5.74, 6) is -0.843. The second-order valence-corrected chi connectivity index (χ2v) is 9.90. The van der Waals surface area contributed by atoms with Gasteiger partial charge in [-0.05, 0) is 71.5 Å². The molecule has 0 heterocycles. The Kier molecular flexibility index (Phi) is 10.6. The van der Waals surface area contributed by atoms with Gasteiger partial charge in [-0.2, -0.15) is 5.10 Å². The lowest BCUT2D eigenvalue weighted by atomic mass is 10.0.